The Morgan fingerprint density at radius 1 is 1.19 bits per heavy atom. The van der Waals surface area contributed by atoms with Crippen LogP contribution < -0.4 is 0 Å². The smallest absolute Gasteiger partial charge is 0.315 e. The minimum atomic E-state index is -1.30. The van der Waals surface area contributed by atoms with Crippen LogP contribution in [0.2, 0.25) is 0 Å². The summed E-state index contributed by atoms with van der Waals surface area (Å²) in [5.74, 6) is -1.01. The lowest BCUT2D eigenvalue weighted by Gasteiger charge is -2.75. The maximum absolute atomic E-state index is 14.1. The minimum Gasteiger partial charge on any atom is -0.468 e. The van der Waals surface area contributed by atoms with Crippen molar-refractivity contribution in [2.24, 2.45) is 38.9 Å². The molecule has 7 heteroatoms. The van der Waals surface area contributed by atoms with Gasteiger partial charge in [0.2, 0.25) is 0 Å². The second kappa shape index (κ2) is 8.28. The number of rotatable bonds is 2. The molecule has 3 N–H and O–H groups in total. The van der Waals surface area contributed by atoms with Crippen LogP contribution in [0.1, 0.15) is 92.4 Å². The number of carbonyl (C=O) groups excluding carboxylic acids is 2. The van der Waals surface area contributed by atoms with Gasteiger partial charge >= 0.3 is 11.9 Å². The summed E-state index contributed by atoms with van der Waals surface area (Å²) in [6.45, 7) is 10.3. The Balaban J connectivity index is 1.71. The van der Waals surface area contributed by atoms with Gasteiger partial charge in [-0.25, -0.2) is 0 Å². The van der Waals surface area contributed by atoms with E-state index in [9.17, 15) is 24.9 Å². The van der Waals surface area contributed by atoms with Gasteiger partial charge in [-0.15, -0.1) is 0 Å². The molecule has 4 aliphatic carbocycles. The van der Waals surface area contributed by atoms with Crippen molar-refractivity contribution in [3.63, 3.8) is 0 Å². The Labute approximate surface area is 221 Å². The normalized spacial score (nSPS) is 52.2. The van der Waals surface area contributed by atoms with E-state index in [1.165, 1.54) is 7.11 Å². The summed E-state index contributed by atoms with van der Waals surface area (Å²) in [6, 6.07) is 0. The van der Waals surface area contributed by atoms with Crippen molar-refractivity contribution in [2.45, 2.75) is 110 Å². The summed E-state index contributed by atoms with van der Waals surface area (Å²) in [7, 11) is 1.41. The molecule has 1 aliphatic heterocycles. The summed E-state index contributed by atoms with van der Waals surface area (Å²) >= 11 is 0. The lowest BCUT2D eigenvalue weighted by molar-refractivity contribution is -0.322. The highest BCUT2D eigenvalue weighted by Gasteiger charge is 2.80. The van der Waals surface area contributed by atoms with Crippen molar-refractivity contribution in [3.05, 3.63) is 11.6 Å². The van der Waals surface area contributed by atoms with Gasteiger partial charge in [0.15, 0.2) is 0 Å². The monoisotopic (exact) mass is 518 g/mol. The molecule has 5 aliphatic rings. The number of cyclic esters (lactones) is 1. The van der Waals surface area contributed by atoms with E-state index in [0.29, 0.717) is 44.9 Å². The van der Waals surface area contributed by atoms with Crippen LogP contribution in [0.4, 0.5) is 0 Å². The largest absolute Gasteiger partial charge is 0.468 e. The molecule has 0 aromatic carbocycles. The number of carbonyl (C=O) groups is 2. The molecule has 0 radical (unpaired) electrons. The van der Waals surface area contributed by atoms with Crippen LogP contribution in [0.3, 0.4) is 0 Å². The highest BCUT2D eigenvalue weighted by atomic mass is 16.5. The predicted octanol–water partition coefficient (Wildman–Crippen LogP) is 3.92. The van der Waals surface area contributed by atoms with Gasteiger partial charge in [-0.05, 0) is 87.9 Å². The van der Waals surface area contributed by atoms with Crippen molar-refractivity contribution < 1.29 is 34.4 Å². The standard InChI is InChI=1S/C30H46O7/c1-18-9-10-25(3)11-13-27(5)23-20(32)16-28(19(2)31)17-37-22(33)8-7-21(28)26(23,4)12-14-29(27,24(34)36-6)30(25,35)15-18/h9,19-21,23,31-32,35H,7-8,10-17H2,1-6H3/t19-,20-,21+,23-,25-,26+,27-,28+,29+,30+/m1/s1. The molecule has 0 bridgehead atoms. The predicted molar refractivity (Wildman–Crippen MR) is 137 cm³/mol. The second-order valence-electron chi connectivity index (χ2n) is 14.1. The summed E-state index contributed by atoms with van der Waals surface area (Å²) in [4.78, 5) is 26.5. The first-order chi connectivity index (χ1) is 17.2. The second-order valence-corrected chi connectivity index (χ2v) is 14.1. The zero-order chi connectivity index (χ0) is 27.2. The van der Waals surface area contributed by atoms with Crippen LogP contribution in [-0.2, 0) is 19.1 Å². The third-order valence-electron chi connectivity index (χ3n) is 12.7. The van der Waals surface area contributed by atoms with Crippen molar-refractivity contribution in [1.29, 1.82) is 0 Å². The van der Waals surface area contributed by atoms with Crippen molar-refractivity contribution in [2.75, 3.05) is 13.7 Å². The van der Waals surface area contributed by atoms with Gasteiger partial charge < -0.3 is 24.8 Å². The number of ether oxygens (including phenoxy) is 2. The molecule has 0 aromatic heterocycles. The quantitative estimate of drug-likeness (QED) is 0.375. The number of allylic oxidation sites excluding steroid dienone is 1. The third-order valence-corrected chi connectivity index (χ3v) is 12.7. The van der Waals surface area contributed by atoms with Gasteiger partial charge in [0, 0.05) is 17.3 Å². The van der Waals surface area contributed by atoms with Crippen molar-refractivity contribution >= 4 is 11.9 Å². The highest BCUT2D eigenvalue weighted by molar-refractivity contribution is 5.81. The lowest BCUT2D eigenvalue weighted by atomic mass is 9.29. The van der Waals surface area contributed by atoms with E-state index in [4.69, 9.17) is 9.47 Å². The molecule has 0 spiro atoms. The van der Waals surface area contributed by atoms with Gasteiger partial charge in [0.1, 0.15) is 5.41 Å². The van der Waals surface area contributed by atoms with Gasteiger partial charge in [0.05, 0.1) is 31.5 Å². The van der Waals surface area contributed by atoms with Gasteiger partial charge in [0.25, 0.3) is 0 Å². The van der Waals surface area contributed by atoms with Gasteiger partial charge in [-0.3, -0.25) is 9.59 Å². The molecule has 208 valence electrons. The summed E-state index contributed by atoms with van der Waals surface area (Å²) in [5, 5.41) is 36.0. The topological polar surface area (TPSA) is 113 Å². The first kappa shape index (κ1) is 27.1. The van der Waals surface area contributed by atoms with E-state index in [2.05, 4.69) is 26.8 Å². The van der Waals surface area contributed by atoms with Crippen LogP contribution in [0, 0.1) is 38.9 Å². The zero-order valence-electron chi connectivity index (χ0n) is 23.4. The average molecular weight is 519 g/mol. The SMILES string of the molecule is COC(=O)[C@@]12CC[C@]3(C)[C@@H]([C@H](O)C[C@@]4([C@@H](C)O)COC(=O)CC[C@@H]34)[C@@]1(C)CC[C@@]1(C)CC=C(C)C[C@]12O. The van der Waals surface area contributed by atoms with E-state index in [0.717, 1.165) is 12.0 Å². The molecular weight excluding hydrogens is 472 g/mol. The molecule has 7 nitrogen and oxygen atoms in total. The van der Waals surface area contributed by atoms with E-state index in [1.807, 2.05) is 6.92 Å². The lowest BCUT2D eigenvalue weighted by Crippen LogP contribution is -2.78. The first-order valence-corrected chi connectivity index (χ1v) is 14.2. The summed E-state index contributed by atoms with van der Waals surface area (Å²) in [6.07, 6.45) is 5.36. The van der Waals surface area contributed by atoms with E-state index in [-0.39, 0.29) is 36.8 Å². The Kier molecular flexibility index (Phi) is 6.07. The summed E-state index contributed by atoms with van der Waals surface area (Å²) in [5.41, 5.74) is -3.81. The molecule has 4 fully saturated rings. The van der Waals surface area contributed by atoms with Gasteiger partial charge in [-0.2, -0.15) is 0 Å². The molecule has 3 saturated carbocycles. The Hall–Kier alpha value is -1.44. The molecule has 0 aromatic rings. The van der Waals surface area contributed by atoms with E-state index >= 15 is 0 Å². The highest BCUT2D eigenvalue weighted by Crippen LogP contribution is 2.78. The molecule has 0 unspecified atom stereocenters. The van der Waals surface area contributed by atoms with Gasteiger partial charge in [-0.1, -0.05) is 32.4 Å². The third kappa shape index (κ3) is 3.11. The minimum absolute atomic E-state index is 0.0664. The first-order valence-electron chi connectivity index (χ1n) is 14.2. The number of methoxy groups -OCH3 is 1. The fourth-order valence-electron chi connectivity index (χ4n) is 10.9. The Bertz CT molecular complexity index is 1020. The van der Waals surface area contributed by atoms with Crippen LogP contribution in [-0.4, -0.2) is 58.8 Å². The van der Waals surface area contributed by atoms with Crippen LogP contribution >= 0.6 is 0 Å². The maximum Gasteiger partial charge on any atom is 0.315 e. The average Bonchev–Trinajstić information content (AvgIpc) is 3.00. The van der Waals surface area contributed by atoms with E-state index < -0.39 is 44.9 Å². The number of hydrogen-bond acceptors (Lipinski definition) is 7. The molecule has 5 rings (SSSR count). The fraction of sp³-hybridized carbons (Fsp3) is 0.867. The van der Waals surface area contributed by atoms with Crippen LogP contribution in [0.15, 0.2) is 11.6 Å². The molecule has 10 atom stereocenters. The number of esters is 2. The molecule has 1 heterocycles. The zero-order valence-corrected chi connectivity index (χ0v) is 23.4. The maximum atomic E-state index is 14.1. The summed E-state index contributed by atoms with van der Waals surface area (Å²) < 4.78 is 11.2. The van der Waals surface area contributed by atoms with Crippen LogP contribution in [0.25, 0.3) is 0 Å². The van der Waals surface area contributed by atoms with Crippen molar-refractivity contribution in [3.8, 4) is 0 Å². The van der Waals surface area contributed by atoms with E-state index in [1.54, 1.807) is 6.92 Å². The van der Waals surface area contributed by atoms with Crippen molar-refractivity contribution in [1.82, 2.24) is 0 Å². The number of hydrogen-bond donors (Lipinski definition) is 3. The number of fused-ring (bicyclic) bond motifs is 7. The molecule has 37 heavy (non-hydrogen) atoms. The molecule has 1 saturated heterocycles. The Morgan fingerprint density at radius 3 is 2.54 bits per heavy atom. The Morgan fingerprint density at radius 2 is 1.89 bits per heavy atom. The number of aliphatic hydroxyl groups is 3. The van der Waals surface area contributed by atoms with Crippen LogP contribution in [0.5, 0.6) is 0 Å². The molecule has 0 amide bonds. The number of aliphatic hydroxyl groups excluding tert-OH is 2. The molecular formula is C30H46O7. The fourth-order valence-corrected chi connectivity index (χ4v) is 10.9.